The van der Waals surface area contributed by atoms with Crippen molar-refractivity contribution in [3.8, 4) is 0 Å². The summed E-state index contributed by atoms with van der Waals surface area (Å²) in [4.78, 5) is 22.4. The van der Waals surface area contributed by atoms with Crippen molar-refractivity contribution < 1.29 is 14.7 Å². The second-order valence-electron chi connectivity index (χ2n) is 4.73. The number of carboxylic acid groups (broad SMARTS) is 1. The average molecular weight is 303 g/mol. The van der Waals surface area contributed by atoms with Gasteiger partial charge in [0.25, 0.3) is 0 Å². The van der Waals surface area contributed by atoms with E-state index in [9.17, 15) is 9.59 Å². The van der Waals surface area contributed by atoms with Gasteiger partial charge in [0.15, 0.2) is 0 Å². The molecule has 0 aliphatic carbocycles. The van der Waals surface area contributed by atoms with Crippen LogP contribution in [0.3, 0.4) is 0 Å². The van der Waals surface area contributed by atoms with Crippen molar-refractivity contribution in [2.24, 2.45) is 0 Å². The molecule has 110 valence electrons. The van der Waals surface area contributed by atoms with Gasteiger partial charge in [-0.05, 0) is 52.9 Å². The quantitative estimate of drug-likeness (QED) is 0.826. The van der Waals surface area contributed by atoms with E-state index in [4.69, 9.17) is 5.11 Å². The summed E-state index contributed by atoms with van der Waals surface area (Å²) < 4.78 is 0. The van der Waals surface area contributed by atoms with E-state index in [1.165, 1.54) is 5.56 Å². The number of aromatic carboxylic acids is 1. The average Bonchev–Trinajstić information content (AvgIpc) is 2.99. The highest BCUT2D eigenvalue weighted by Crippen LogP contribution is 2.08. The van der Waals surface area contributed by atoms with E-state index in [1.54, 1.807) is 35.6 Å². The van der Waals surface area contributed by atoms with E-state index in [0.717, 1.165) is 12.0 Å². The van der Waals surface area contributed by atoms with Crippen molar-refractivity contribution in [3.05, 3.63) is 57.8 Å². The predicted molar refractivity (Wildman–Crippen MR) is 82.8 cm³/mol. The third-order valence-electron chi connectivity index (χ3n) is 3.16. The minimum atomic E-state index is -0.928. The van der Waals surface area contributed by atoms with Gasteiger partial charge in [-0.3, -0.25) is 4.79 Å². The molecule has 0 unspecified atom stereocenters. The fourth-order valence-corrected chi connectivity index (χ4v) is 2.64. The highest BCUT2D eigenvalue weighted by Gasteiger charge is 2.04. The monoisotopic (exact) mass is 303 g/mol. The Morgan fingerprint density at radius 1 is 1.05 bits per heavy atom. The van der Waals surface area contributed by atoms with Crippen LogP contribution in [-0.4, -0.2) is 23.5 Å². The van der Waals surface area contributed by atoms with Gasteiger partial charge in [-0.15, -0.1) is 0 Å². The lowest BCUT2D eigenvalue weighted by atomic mass is 10.1. The number of aryl methyl sites for hydroxylation is 1. The molecule has 21 heavy (non-hydrogen) atoms. The van der Waals surface area contributed by atoms with Crippen LogP contribution in [0.5, 0.6) is 0 Å². The van der Waals surface area contributed by atoms with Crippen LogP contribution in [0.15, 0.2) is 41.1 Å². The number of carbonyl (C=O) groups is 2. The van der Waals surface area contributed by atoms with Crippen LogP contribution in [0.1, 0.15) is 27.9 Å². The van der Waals surface area contributed by atoms with Crippen LogP contribution in [-0.2, 0) is 17.6 Å². The summed E-state index contributed by atoms with van der Waals surface area (Å²) in [5.74, 6) is -0.883. The standard InChI is InChI=1S/C16H17NO3S/c18-15(6-3-13-8-10-21-11-13)17-9-7-12-1-4-14(5-2-12)16(19)20/h1-2,4-5,8,10-11H,3,6-7,9H2,(H,17,18)(H,19,20). The van der Waals surface area contributed by atoms with Crippen molar-refractivity contribution in [1.29, 1.82) is 0 Å². The molecule has 2 rings (SSSR count). The number of carboxylic acids is 1. The SMILES string of the molecule is O=C(CCc1ccsc1)NCCc1ccc(C(=O)O)cc1. The summed E-state index contributed by atoms with van der Waals surface area (Å²) in [7, 11) is 0. The molecule has 0 radical (unpaired) electrons. The molecule has 0 bridgehead atoms. The highest BCUT2D eigenvalue weighted by atomic mass is 32.1. The van der Waals surface area contributed by atoms with Gasteiger partial charge in [0.1, 0.15) is 0 Å². The molecule has 1 heterocycles. The van der Waals surface area contributed by atoms with E-state index < -0.39 is 5.97 Å². The highest BCUT2D eigenvalue weighted by molar-refractivity contribution is 7.07. The van der Waals surface area contributed by atoms with Crippen molar-refractivity contribution in [2.75, 3.05) is 6.54 Å². The number of hydrogen-bond acceptors (Lipinski definition) is 3. The van der Waals surface area contributed by atoms with Crippen LogP contribution < -0.4 is 5.32 Å². The molecule has 1 aromatic carbocycles. The number of carbonyl (C=O) groups excluding carboxylic acids is 1. The molecular formula is C16H17NO3S. The second-order valence-corrected chi connectivity index (χ2v) is 5.51. The molecule has 2 N–H and O–H groups in total. The molecule has 4 nitrogen and oxygen atoms in total. The van der Waals surface area contributed by atoms with E-state index >= 15 is 0 Å². The molecule has 0 saturated heterocycles. The number of thiophene rings is 1. The summed E-state index contributed by atoms with van der Waals surface area (Å²) in [6.07, 6.45) is 1.96. The first-order valence-electron chi connectivity index (χ1n) is 6.75. The Labute approximate surface area is 127 Å². The molecule has 1 amide bonds. The Morgan fingerprint density at radius 3 is 2.43 bits per heavy atom. The van der Waals surface area contributed by atoms with Gasteiger partial charge < -0.3 is 10.4 Å². The van der Waals surface area contributed by atoms with Crippen LogP contribution >= 0.6 is 11.3 Å². The fourth-order valence-electron chi connectivity index (χ4n) is 1.94. The lowest BCUT2D eigenvalue weighted by Crippen LogP contribution is -2.25. The third-order valence-corrected chi connectivity index (χ3v) is 3.89. The minimum Gasteiger partial charge on any atom is -0.478 e. The maximum atomic E-state index is 11.7. The predicted octanol–water partition coefficient (Wildman–Crippen LogP) is 2.74. The van der Waals surface area contributed by atoms with Crippen LogP contribution in [0, 0.1) is 0 Å². The number of rotatable bonds is 7. The third kappa shape index (κ3) is 5.04. The van der Waals surface area contributed by atoms with Gasteiger partial charge in [-0.2, -0.15) is 11.3 Å². The van der Waals surface area contributed by atoms with Crippen LogP contribution in [0.25, 0.3) is 0 Å². The topological polar surface area (TPSA) is 66.4 Å². The Hall–Kier alpha value is -2.14. The zero-order valence-electron chi connectivity index (χ0n) is 11.5. The zero-order valence-corrected chi connectivity index (χ0v) is 12.4. The number of hydrogen-bond donors (Lipinski definition) is 2. The summed E-state index contributed by atoms with van der Waals surface area (Å²) >= 11 is 1.64. The summed E-state index contributed by atoms with van der Waals surface area (Å²) in [6, 6.07) is 8.75. The summed E-state index contributed by atoms with van der Waals surface area (Å²) in [5, 5.41) is 15.7. The van der Waals surface area contributed by atoms with Crippen molar-refractivity contribution in [2.45, 2.75) is 19.3 Å². The maximum Gasteiger partial charge on any atom is 0.335 e. The van der Waals surface area contributed by atoms with Gasteiger partial charge in [0, 0.05) is 13.0 Å². The van der Waals surface area contributed by atoms with E-state index in [-0.39, 0.29) is 11.5 Å². The minimum absolute atomic E-state index is 0.0448. The Balaban J connectivity index is 1.68. The molecule has 5 heteroatoms. The molecular weight excluding hydrogens is 286 g/mol. The Bertz CT molecular complexity index is 590. The van der Waals surface area contributed by atoms with Crippen LogP contribution in [0.2, 0.25) is 0 Å². The van der Waals surface area contributed by atoms with Gasteiger partial charge >= 0.3 is 5.97 Å². The second kappa shape index (κ2) is 7.59. The van der Waals surface area contributed by atoms with E-state index in [1.807, 2.05) is 11.4 Å². The molecule has 0 atom stereocenters. The number of nitrogens with one attached hydrogen (secondary N) is 1. The summed E-state index contributed by atoms with van der Waals surface area (Å²) in [5.41, 5.74) is 2.48. The lowest BCUT2D eigenvalue weighted by molar-refractivity contribution is -0.121. The van der Waals surface area contributed by atoms with Crippen molar-refractivity contribution in [1.82, 2.24) is 5.32 Å². The Kier molecular flexibility index (Phi) is 5.51. The fraction of sp³-hybridized carbons (Fsp3) is 0.250. The van der Waals surface area contributed by atoms with Crippen molar-refractivity contribution in [3.63, 3.8) is 0 Å². The first-order chi connectivity index (χ1) is 10.1. The molecule has 1 aromatic heterocycles. The van der Waals surface area contributed by atoms with Gasteiger partial charge in [0.2, 0.25) is 5.91 Å². The maximum absolute atomic E-state index is 11.7. The molecule has 0 aliphatic heterocycles. The number of benzene rings is 1. The number of amides is 1. The largest absolute Gasteiger partial charge is 0.478 e. The zero-order chi connectivity index (χ0) is 15.1. The first kappa shape index (κ1) is 15.3. The van der Waals surface area contributed by atoms with E-state index in [0.29, 0.717) is 19.4 Å². The molecule has 2 aromatic rings. The van der Waals surface area contributed by atoms with E-state index in [2.05, 4.69) is 10.7 Å². The molecule has 0 fully saturated rings. The molecule has 0 aliphatic rings. The van der Waals surface area contributed by atoms with Gasteiger partial charge in [-0.1, -0.05) is 12.1 Å². The molecule has 0 spiro atoms. The van der Waals surface area contributed by atoms with Gasteiger partial charge in [-0.25, -0.2) is 4.79 Å². The lowest BCUT2D eigenvalue weighted by Gasteiger charge is -2.05. The van der Waals surface area contributed by atoms with Gasteiger partial charge in [0.05, 0.1) is 5.56 Å². The smallest absolute Gasteiger partial charge is 0.335 e. The molecule has 0 saturated carbocycles. The first-order valence-corrected chi connectivity index (χ1v) is 7.69. The summed E-state index contributed by atoms with van der Waals surface area (Å²) in [6.45, 7) is 0.564. The Morgan fingerprint density at radius 2 is 1.81 bits per heavy atom. The normalized spacial score (nSPS) is 10.3. The van der Waals surface area contributed by atoms with Crippen LogP contribution in [0.4, 0.5) is 0 Å². The van der Waals surface area contributed by atoms with Crippen molar-refractivity contribution >= 4 is 23.2 Å².